The quantitative estimate of drug-likeness (QED) is 0.364. The van der Waals surface area contributed by atoms with E-state index in [9.17, 15) is 19.5 Å². The maximum absolute atomic E-state index is 13.5. The Balaban J connectivity index is 1.67. The molecule has 3 aromatic rings. The fraction of sp³-hybridized carbons (Fsp3) is 0.300. The lowest BCUT2D eigenvalue weighted by Crippen LogP contribution is -2.55. The van der Waals surface area contributed by atoms with Gasteiger partial charge in [0.2, 0.25) is 0 Å². The molecular weight excluding hydrogens is 472 g/mol. The highest BCUT2D eigenvalue weighted by Gasteiger charge is 2.57. The Morgan fingerprint density at radius 3 is 1.86 bits per heavy atom. The standard InChI is InChI=1S/C30H30O7/c1-30(34)17-24(31)26(28(32)36-18-20-9-5-3-6-10-20)25(22-13-15-23(35-2)16-14-22)27(30)29(33)37-19-21-11-7-4-8-12-21/h3-16,25-27,34H,17-19H2,1-2H3/t25-,26-,27+,30-/m1/s1. The summed E-state index contributed by atoms with van der Waals surface area (Å²) in [5, 5.41) is 11.3. The number of rotatable bonds is 8. The van der Waals surface area contributed by atoms with E-state index in [-0.39, 0.29) is 19.6 Å². The second-order valence-corrected chi connectivity index (χ2v) is 9.44. The lowest BCUT2D eigenvalue weighted by Gasteiger charge is -2.43. The third-order valence-electron chi connectivity index (χ3n) is 6.72. The van der Waals surface area contributed by atoms with Crippen LogP contribution >= 0.6 is 0 Å². The summed E-state index contributed by atoms with van der Waals surface area (Å²) in [4.78, 5) is 40.1. The first-order chi connectivity index (χ1) is 17.8. The number of benzene rings is 3. The molecule has 37 heavy (non-hydrogen) atoms. The molecule has 4 rings (SSSR count). The molecule has 0 radical (unpaired) electrons. The molecule has 0 bridgehead atoms. The van der Waals surface area contributed by atoms with Crippen LogP contribution in [-0.4, -0.2) is 35.5 Å². The smallest absolute Gasteiger partial charge is 0.317 e. The lowest BCUT2D eigenvalue weighted by molar-refractivity contribution is -0.174. The molecule has 0 amide bonds. The van der Waals surface area contributed by atoms with Crippen LogP contribution in [0.1, 0.15) is 36.0 Å². The van der Waals surface area contributed by atoms with Crippen molar-refractivity contribution < 1.29 is 33.7 Å². The minimum atomic E-state index is -1.73. The van der Waals surface area contributed by atoms with Crippen molar-refractivity contribution >= 4 is 17.7 Å². The van der Waals surface area contributed by atoms with Crippen LogP contribution in [-0.2, 0) is 37.1 Å². The molecule has 1 aliphatic carbocycles. The summed E-state index contributed by atoms with van der Waals surface area (Å²) in [5.41, 5.74) is 0.344. The van der Waals surface area contributed by atoms with E-state index in [1.54, 1.807) is 24.3 Å². The van der Waals surface area contributed by atoms with Gasteiger partial charge in [-0.05, 0) is 35.7 Å². The zero-order chi connectivity index (χ0) is 26.4. The van der Waals surface area contributed by atoms with Gasteiger partial charge in [-0.15, -0.1) is 0 Å². The molecule has 7 heteroatoms. The molecule has 1 fully saturated rings. The normalized spacial score (nSPS) is 23.2. The van der Waals surface area contributed by atoms with E-state index in [2.05, 4.69) is 0 Å². The first kappa shape index (κ1) is 26.1. The molecular formula is C30H30O7. The minimum absolute atomic E-state index is 0.00134. The van der Waals surface area contributed by atoms with Crippen LogP contribution < -0.4 is 4.74 Å². The Kier molecular flexibility index (Phi) is 8.04. The van der Waals surface area contributed by atoms with Crippen molar-refractivity contribution in [3.63, 3.8) is 0 Å². The van der Waals surface area contributed by atoms with Crippen LogP contribution in [0.2, 0.25) is 0 Å². The Labute approximate surface area is 216 Å². The van der Waals surface area contributed by atoms with Crippen LogP contribution in [0.25, 0.3) is 0 Å². The number of hydrogen-bond donors (Lipinski definition) is 1. The van der Waals surface area contributed by atoms with Crippen molar-refractivity contribution in [2.24, 2.45) is 11.8 Å². The summed E-state index contributed by atoms with van der Waals surface area (Å²) in [6.45, 7) is 1.42. The number of aliphatic hydroxyl groups is 1. The topological polar surface area (TPSA) is 99.1 Å². The SMILES string of the molecule is COc1ccc([C@@H]2[C@H](C(=O)OCc3ccccc3)C(=O)C[C@@](C)(O)[C@@H]2C(=O)OCc2ccccc2)cc1. The number of esters is 2. The third kappa shape index (κ3) is 6.06. The molecule has 0 aromatic heterocycles. The molecule has 192 valence electrons. The molecule has 1 aliphatic rings. The molecule has 0 heterocycles. The number of hydrogen-bond acceptors (Lipinski definition) is 7. The van der Waals surface area contributed by atoms with Crippen LogP contribution in [0.5, 0.6) is 5.75 Å². The fourth-order valence-electron chi connectivity index (χ4n) is 4.88. The lowest BCUT2D eigenvalue weighted by atomic mass is 9.61. The zero-order valence-electron chi connectivity index (χ0n) is 20.8. The van der Waals surface area contributed by atoms with E-state index in [4.69, 9.17) is 14.2 Å². The molecule has 3 aromatic carbocycles. The Morgan fingerprint density at radius 2 is 1.35 bits per heavy atom. The number of carbonyl (C=O) groups is 3. The molecule has 1 saturated carbocycles. The van der Waals surface area contributed by atoms with Gasteiger partial charge in [-0.1, -0.05) is 72.8 Å². The summed E-state index contributed by atoms with van der Waals surface area (Å²) in [6, 6.07) is 25.0. The highest BCUT2D eigenvalue weighted by molar-refractivity contribution is 6.02. The van der Waals surface area contributed by atoms with Gasteiger partial charge in [0.15, 0.2) is 5.78 Å². The van der Waals surface area contributed by atoms with Gasteiger partial charge in [0.1, 0.15) is 24.9 Å². The van der Waals surface area contributed by atoms with Gasteiger partial charge in [0.05, 0.1) is 18.6 Å². The average molecular weight is 503 g/mol. The van der Waals surface area contributed by atoms with Gasteiger partial charge >= 0.3 is 11.9 Å². The minimum Gasteiger partial charge on any atom is -0.497 e. The van der Waals surface area contributed by atoms with Crippen LogP contribution in [0.4, 0.5) is 0 Å². The van der Waals surface area contributed by atoms with Gasteiger partial charge < -0.3 is 19.3 Å². The van der Waals surface area contributed by atoms with E-state index in [1.807, 2.05) is 60.7 Å². The third-order valence-corrected chi connectivity index (χ3v) is 6.72. The van der Waals surface area contributed by atoms with Crippen LogP contribution in [0.3, 0.4) is 0 Å². The molecule has 4 atom stereocenters. The first-order valence-electron chi connectivity index (χ1n) is 12.1. The van der Waals surface area contributed by atoms with Gasteiger partial charge in [0.25, 0.3) is 0 Å². The fourth-order valence-corrected chi connectivity index (χ4v) is 4.88. The van der Waals surface area contributed by atoms with Crippen molar-refractivity contribution in [1.82, 2.24) is 0 Å². The van der Waals surface area contributed by atoms with Crippen molar-refractivity contribution in [2.75, 3.05) is 7.11 Å². The Hall–Kier alpha value is -3.97. The maximum Gasteiger partial charge on any atom is 0.317 e. The Bertz CT molecular complexity index is 1220. The summed E-state index contributed by atoms with van der Waals surface area (Å²) in [5.74, 6) is -4.81. The summed E-state index contributed by atoms with van der Waals surface area (Å²) < 4.78 is 16.4. The summed E-state index contributed by atoms with van der Waals surface area (Å²) in [6.07, 6.45) is -0.379. The maximum atomic E-state index is 13.5. The van der Waals surface area contributed by atoms with E-state index < -0.39 is 41.1 Å². The van der Waals surface area contributed by atoms with Gasteiger partial charge in [-0.25, -0.2) is 0 Å². The highest BCUT2D eigenvalue weighted by Crippen LogP contribution is 2.47. The predicted octanol–water partition coefficient (Wildman–Crippen LogP) is 4.22. The summed E-state index contributed by atoms with van der Waals surface area (Å²) in [7, 11) is 1.53. The second-order valence-electron chi connectivity index (χ2n) is 9.44. The van der Waals surface area contributed by atoms with Crippen molar-refractivity contribution in [1.29, 1.82) is 0 Å². The number of ketones is 1. The first-order valence-corrected chi connectivity index (χ1v) is 12.1. The molecule has 0 saturated heterocycles. The Morgan fingerprint density at radius 1 is 0.838 bits per heavy atom. The summed E-state index contributed by atoms with van der Waals surface area (Å²) >= 11 is 0. The molecule has 0 aliphatic heterocycles. The van der Waals surface area contributed by atoms with E-state index >= 15 is 0 Å². The van der Waals surface area contributed by atoms with Crippen LogP contribution in [0, 0.1) is 11.8 Å². The number of methoxy groups -OCH3 is 1. The van der Waals surface area contributed by atoms with Gasteiger partial charge in [-0.3, -0.25) is 14.4 Å². The van der Waals surface area contributed by atoms with Crippen LogP contribution in [0.15, 0.2) is 84.9 Å². The highest BCUT2D eigenvalue weighted by atomic mass is 16.5. The van der Waals surface area contributed by atoms with Crippen molar-refractivity contribution in [3.8, 4) is 5.75 Å². The molecule has 0 unspecified atom stereocenters. The van der Waals surface area contributed by atoms with Crippen molar-refractivity contribution in [2.45, 2.75) is 38.1 Å². The van der Waals surface area contributed by atoms with E-state index in [0.717, 1.165) is 11.1 Å². The molecule has 0 spiro atoms. The largest absolute Gasteiger partial charge is 0.497 e. The zero-order valence-corrected chi connectivity index (χ0v) is 20.8. The molecule has 1 N–H and O–H groups in total. The van der Waals surface area contributed by atoms with E-state index in [1.165, 1.54) is 14.0 Å². The molecule has 7 nitrogen and oxygen atoms in total. The monoisotopic (exact) mass is 502 g/mol. The predicted molar refractivity (Wildman–Crippen MR) is 135 cm³/mol. The average Bonchev–Trinajstić information content (AvgIpc) is 2.90. The van der Waals surface area contributed by atoms with Gasteiger partial charge in [-0.2, -0.15) is 0 Å². The number of Topliss-reactive ketones (excluding diaryl/α,β-unsaturated/α-hetero) is 1. The number of ether oxygens (including phenoxy) is 3. The van der Waals surface area contributed by atoms with Gasteiger partial charge in [0, 0.05) is 12.3 Å². The van der Waals surface area contributed by atoms with Crippen molar-refractivity contribution in [3.05, 3.63) is 102 Å². The second kappa shape index (κ2) is 11.4. The number of carbonyl (C=O) groups excluding carboxylic acids is 3. The van der Waals surface area contributed by atoms with E-state index in [0.29, 0.717) is 11.3 Å².